The van der Waals surface area contributed by atoms with Crippen LogP contribution in [0.2, 0.25) is 0 Å². The van der Waals surface area contributed by atoms with Crippen LogP contribution in [-0.4, -0.2) is 23.8 Å². The molecular formula is C28H23N3O5S. The number of anilines is 2. The average molecular weight is 514 g/mol. The van der Waals surface area contributed by atoms with Crippen molar-refractivity contribution in [1.82, 2.24) is 0 Å². The molecule has 1 unspecified atom stereocenters. The lowest BCUT2D eigenvalue weighted by molar-refractivity contribution is -0.384. The molecule has 0 radical (unpaired) electrons. The number of hydrogen-bond acceptors (Lipinski definition) is 6. The summed E-state index contributed by atoms with van der Waals surface area (Å²) >= 11 is 1.34. The van der Waals surface area contributed by atoms with Gasteiger partial charge in [-0.15, -0.1) is 11.8 Å². The van der Waals surface area contributed by atoms with Crippen LogP contribution in [0.4, 0.5) is 17.1 Å². The van der Waals surface area contributed by atoms with Crippen molar-refractivity contribution in [2.45, 2.75) is 10.1 Å². The minimum atomic E-state index is -0.574. The molecule has 0 aliphatic heterocycles. The number of nitro benzene ring substituents is 1. The number of rotatable bonds is 9. The molecule has 0 bridgehead atoms. The highest BCUT2D eigenvalue weighted by molar-refractivity contribution is 8.00. The molecule has 2 amide bonds. The van der Waals surface area contributed by atoms with Crippen LogP contribution in [0.5, 0.6) is 5.75 Å². The zero-order valence-electron chi connectivity index (χ0n) is 19.8. The quantitative estimate of drug-likeness (QED) is 0.154. The monoisotopic (exact) mass is 513 g/mol. The van der Waals surface area contributed by atoms with E-state index >= 15 is 0 Å². The molecule has 0 spiro atoms. The molecule has 0 aliphatic carbocycles. The maximum absolute atomic E-state index is 13.4. The zero-order chi connectivity index (χ0) is 26.2. The first kappa shape index (κ1) is 25.5. The molecular weight excluding hydrogens is 490 g/mol. The van der Waals surface area contributed by atoms with Crippen LogP contribution in [0.15, 0.2) is 108 Å². The first-order chi connectivity index (χ1) is 17.9. The van der Waals surface area contributed by atoms with Gasteiger partial charge in [0.1, 0.15) is 11.0 Å². The first-order valence-electron chi connectivity index (χ1n) is 11.3. The summed E-state index contributed by atoms with van der Waals surface area (Å²) in [5, 5.41) is 16.2. The number of ether oxygens (including phenoxy) is 1. The van der Waals surface area contributed by atoms with Gasteiger partial charge >= 0.3 is 0 Å². The van der Waals surface area contributed by atoms with E-state index in [1.807, 2.05) is 36.4 Å². The molecule has 1 atom stereocenters. The van der Waals surface area contributed by atoms with Crippen molar-refractivity contribution >= 4 is 40.6 Å². The molecule has 0 saturated heterocycles. The summed E-state index contributed by atoms with van der Waals surface area (Å²) in [5.74, 6) is -0.0504. The van der Waals surface area contributed by atoms with Gasteiger partial charge < -0.3 is 15.4 Å². The number of non-ortho nitro benzene ring substituents is 1. The van der Waals surface area contributed by atoms with Crippen molar-refractivity contribution in [2.24, 2.45) is 0 Å². The number of amides is 2. The van der Waals surface area contributed by atoms with Crippen LogP contribution in [-0.2, 0) is 4.79 Å². The smallest absolute Gasteiger partial charge is 0.270 e. The van der Waals surface area contributed by atoms with E-state index in [9.17, 15) is 19.7 Å². The third-order valence-electron chi connectivity index (χ3n) is 5.34. The minimum Gasteiger partial charge on any atom is -0.497 e. The van der Waals surface area contributed by atoms with Crippen LogP contribution in [0, 0.1) is 10.1 Å². The lowest BCUT2D eigenvalue weighted by Gasteiger charge is -2.18. The molecule has 4 aromatic rings. The second-order valence-corrected chi connectivity index (χ2v) is 9.10. The molecule has 0 fully saturated rings. The minimum absolute atomic E-state index is 0.162. The van der Waals surface area contributed by atoms with Gasteiger partial charge in [-0.05, 0) is 42.0 Å². The molecule has 4 rings (SSSR count). The van der Waals surface area contributed by atoms with Gasteiger partial charge in [0.2, 0.25) is 5.91 Å². The molecule has 4 aromatic carbocycles. The Morgan fingerprint density at radius 1 is 0.838 bits per heavy atom. The Balaban J connectivity index is 1.54. The molecule has 0 heterocycles. The number of nitro groups is 1. The maximum Gasteiger partial charge on any atom is 0.270 e. The molecule has 0 aromatic heterocycles. The van der Waals surface area contributed by atoms with Gasteiger partial charge in [-0.1, -0.05) is 48.5 Å². The van der Waals surface area contributed by atoms with E-state index in [1.165, 1.54) is 36.0 Å². The highest BCUT2D eigenvalue weighted by Crippen LogP contribution is 2.37. The summed E-state index contributed by atoms with van der Waals surface area (Å²) < 4.78 is 5.25. The first-order valence-corrected chi connectivity index (χ1v) is 12.1. The van der Waals surface area contributed by atoms with Gasteiger partial charge in [0.25, 0.3) is 11.6 Å². The molecule has 186 valence electrons. The number of thioether (sulfide) groups is 1. The van der Waals surface area contributed by atoms with E-state index < -0.39 is 16.1 Å². The summed E-state index contributed by atoms with van der Waals surface area (Å²) in [6.07, 6.45) is 0. The van der Waals surface area contributed by atoms with Crippen molar-refractivity contribution in [1.29, 1.82) is 0 Å². The van der Waals surface area contributed by atoms with Crippen molar-refractivity contribution in [3.05, 3.63) is 124 Å². The second-order valence-electron chi connectivity index (χ2n) is 7.92. The van der Waals surface area contributed by atoms with Gasteiger partial charge in [0.05, 0.1) is 12.0 Å². The van der Waals surface area contributed by atoms with Crippen LogP contribution in [0.25, 0.3) is 0 Å². The summed E-state index contributed by atoms with van der Waals surface area (Å²) in [7, 11) is 1.56. The van der Waals surface area contributed by atoms with Crippen LogP contribution >= 0.6 is 11.8 Å². The fraction of sp³-hybridized carbons (Fsp3) is 0.0714. The number of carbonyl (C=O) groups excluding carboxylic acids is 2. The number of carbonyl (C=O) groups is 2. The van der Waals surface area contributed by atoms with Crippen molar-refractivity contribution in [3.63, 3.8) is 0 Å². The third-order valence-corrected chi connectivity index (χ3v) is 6.59. The van der Waals surface area contributed by atoms with Gasteiger partial charge in [0, 0.05) is 40.0 Å². The lowest BCUT2D eigenvalue weighted by Crippen LogP contribution is -2.19. The Morgan fingerprint density at radius 3 is 2.27 bits per heavy atom. The summed E-state index contributed by atoms with van der Waals surface area (Å²) in [5.41, 5.74) is 1.95. The fourth-order valence-electron chi connectivity index (χ4n) is 3.56. The summed E-state index contributed by atoms with van der Waals surface area (Å²) in [6, 6.07) is 29.1. The number of hydrogen-bond donors (Lipinski definition) is 2. The molecule has 8 nitrogen and oxygen atoms in total. The van der Waals surface area contributed by atoms with E-state index in [2.05, 4.69) is 10.6 Å². The number of nitrogens with zero attached hydrogens (tertiary/aromatic N) is 1. The molecule has 37 heavy (non-hydrogen) atoms. The van der Waals surface area contributed by atoms with E-state index in [4.69, 9.17) is 4.74 Å². The zero-order valence-corrected chi connectivity index (χ0v) is 20.6. The van der Waals surface area contributed by atoms with Gasteiger partial charge in [-0.3, -0.25) is 19.7 Å². The molecule has 2 N–H and O–H groups in total. The van der Waals surface area contributed by atoms with Crippen LogP contribution < -0.4 is 15.4 Å². The van der Waals surface area contributed by atoms with Gasteiger partial charge in [0.15, 0.2) is 0 Å². The van der Waals surface area contributed by atoms with Gasteiger partial charge in [-0.25, -0.2) is 0 Å². The molecule has 0 saturated carbocycles. The predicted molar refractivity (Wildman–Crippen MR) is 144 cm³/mol. The molecule has 0 aliphatic rings. The normalized spacial score (nSPS) is 11.3. The highest BCUT2D eigenvalue weighted by atomic mass is 32.2. The van der Waals surface area contributed by atoms with E-state index in [-0.39, 0.29) is 17.2 Å². The van der Waals surface area contributed by atoms with Crippen LogP contribution in [0.1, 0.15) is 21.2 Å². The average Bonchev–Trinajstić information content (AvgIpc) is 2.92. The summed E-state index contributed by atoms with van der Waals surface area (Å²) in [4.78, 5) is 37.3. The Morgan fingerprint density at radius 2 is 1.54 bits per heavy atom. The van der Waals surface area contributed by atoms with E-state index in [0.29, 0.717) is 17.1 Å². The van der Waals surface area contributed by atoms with Crippen molar-refractivity contribution in [3.8, 4) is 5.75 Å². The second kappa shape index (κ2) is 11.9. The van der Waals surface area contributed by atoms with E-state index in [0.717, 1.165) is 10.5 Å². The predicted octanol–water partition coefficient (Wildman–Crippen LogP) is 6.33. The SMILES string of the molecule is COc1cccc(NC(=O)C(Sc2cccc(NC(=O)c3cccc([N+](=O)[O-])c3)c2)c2ccccc2)c1. The number of methoxy groups -OCH3 is 1. The van der Waals surface area contributed by atoms with Crippen molar-refractivity contribution in [2.75, 3.05) is 17.7 Å². The maximum atomic E-state index is 13.4. The summed E-state index contributed by atoms with van der Waals surface area (Å²) in [6.45, 7) is 0. The van der Waals surface area contributed by atoms with E-state index in [1.54, 1.807) is 49.6 Å². The Kier molecular flexibility index (Phi) is 8.17. The fourth-order valence-corrected chi connectivity index (χ4v) is 4.64. The van der Waals surface area contributed by atoms with Gasteiger partial charge in [-0.2, -0.15) is 0 Å². The Bertz CT molecular complexity index is 1430. The number of benzene rings is 4. The number of nitrogens with one attached hydrogen (secondary N) is 2. The third kappa shape index (κ3) is 6.74. The van der Waals surface area contributed by atoms with Crippen LogP contribution in [0.3, 0.4) is 0 Å². The topological polar surface area (TPSA) is 111 Å². The van der Waals surface area contributed by atoms with Crippen molar-refractivity contribution < 1.29 is 19.2 Å². The Hall–Kier alpha value is -4.63. The standard InChI is InChI=1S/C28H23N3O5S/c1-36-24-14-6-11-21(17-24)30-28(33)26(19-8-3-2-4-9-19)37-25-15-7-12-22(18-25)29-27(32)20-10-5-13-23(16-20)31(34)35/h2-18,26H,1H3,(H,29,32)(H,30,33). The highest BCUT2D eigenvalue weighted by Gasteiger charge is 2.23. The molecule has 9 heteroatoms. The Labute approximate surface area is 217 Å². The largest absolute Gasteiger partial charge is 0.497 e. The lowest BCUT2D eigenvalue weighted by atomic mass is 10.1.